The van der Waals surface area contributed by atoms with E-state index in [1.165, 1.54) is 18.5 Å². The minimum atomic E-state index is 0.791. The Kier molecular flexibility index (Phi) is 4.61. The van der Waals surface area contributed by atoms with Crippen molar-refractivity contribution < 1.29 is 0 Å². The molecule has 1 saturated heterocycles. The highest BCUT2D eigenvalue weighted by molar-refractivity contribution is 5.14. The van der Waals surface area contributed by atoms with Gasteiger partial charge in [0.05, 0.1) is 6.54 Å². The summed E-state index contributed by atoms with van der Waals surface area (Å²) >= 11 is 0. The number of hydrogen-bond donors (Lipinski definition) is 0. The van der Waals surface area contributed by atoms with E-state index < -0.39 is 0 Å². The second-order valence-electron chi connectivity index (χ2n) is 4.60. The summed E-state index contributed by atoms with van der Waals surface area (Å²) in [6.07, 6.45) is 6.58. The highest BCUT2D eigenvalue weighted by atomic mass is 15.2. The molecule has 1 aromatic rings. The Hall–Kier alpha value is -1.30. The van der Waals surface area contributed by atoms with Gasteiger partial charge in [0.1, 0.15) is 0 Å². The van der Waals surface area contributed by atoms with Crippen molar-refractivity contribution in [3.63, 3.8) is 0 Å². The van der Waals surface area contributed by atoms with E-state index in [0.717, 1.165) is 32.7 Å². The number of nitrogens with zero attached hydrogens (tertiary/aromatic N) is 2. The van der Waals surface area contributed by atoms with Gasteiger partial charge in [-0.3, -0.25) is 9.80 Å². The Bertz CT molecular complexity index is 366. The molecule has 1 aliphatic rings. The Balaban J connectivity index is 1.85. The third-order valence-electron chi connectivity index (χ3n) is 3.25. The van der Waals surface area contributed by atoms with Crippen molar-refractivity contribution >= 4 is 0 Å². The predicted molar refractivity (Wildman–Crippen MR) is 71.6 cm³/mol. The molecule has 0 unspecified atom stereocenters. The average molecular weight is 228 g/mol. The topological polar surface area (TPSA) is 6.48 Å². The van der Waals surface area contributed by atoms with Crippen LogP contribution in [0, 0.1) is 12.3 Å². The zero-order valence-corrected chi connectivity index (χ0v) is 10.3. The standard InChI is InChI=1S/C15H20N2/c1-2-9-16-10-6-11-17(13-12-16)14-15-7-4-3-5-8-15/h1,3-5,7-8H,6,9-14H2. The number of rotatable bonds is 3. The van der Waals surface area contributed by atoms with Gasteiger partial charge in [-0.2, -0.15) is 0 Å². The number of hydrogen-bond acceptors (Lipinski definition) is 2. The third-order valence-corrected chi connectivity index (χ3v) is 3.25. The van der Waals surface area contributed by atoms with Crippen molar-refractivity contribution in [3.05, 3.63) is 35.9 Å². The van der Waals surface area contributed by atoms with Crippen LogP contribution in [0.3, 0.4) is 0 Å². The van der Waals surface area contributed by atoms with Gasteiger partial charge >= 0.3 is 0 Å². The maximum Gasteiger partial charge on any atom is 0.0599 e. The maximum atomic E-state index is 5.36. The molecule has 0 amide bonds. The zero-order valence-electron chi connectivity index (χ0n) is 10.3. The molecule has 0 N–H and O–H groups in total. The Labute approximate surface area is 104 Å². The normalized spacial score (nSPS) is 18.5. The van der Waals surface area contributed by atoms with Crippen LogP contribution in [0.15, 0.2) is 30.3 Å². The van der Waals surface area contributed by atoms with Gasteiger partial charge in [-0.1, -0.05) is 36.3 Å². The van der Waals surface area contributed by atoms with Gasteiger partial charge < -0.3 is 0 Å². The molecule has 1 fully saturated rings. The lowest BCUT2D eigenvalue weighted by Gasteiger charge is -2.20. The first kappa shape index (κ1) is 12.2. The lowest BCUT2D eigenvalue weighted by molar-refractivity contribution is 0.263. The highest BCUT2D eigenvalue weighted by Crippen LogP contribution is 2.08. The van der Waals surface area contributed by atoms with Crippen LogP contribution >= 0.6 is 0 Å². The molecule has 0 aliphatic carbocycles. The lowest BCUT2D eigenvalue weighted by atomic mass is 10.2. The zero-order chi connectivity index (χ0) is 11.9. The Morgan fingerprint density at radius 3 is 2.47 bits per heavy atom. The summed E-state index contributed by atoms with van der Waals surface area (Å²) in [7, 11) is 0. The number of benzene rings is 1. The van der Waals surface area contributed by atoms with Crippen LogP contribution in [-0.4, -0.2) is 42.5 Å². The molecule has 2 rings (SSSR count). The molecule has 2 nitrogen and oxygen atoms in total. The SMILES string of the molecule is C#CCN1CCCN(Cc2ccccc2)CC1. The fourth-order valence-corrected chi connectivity index (χ4v) is 2.31. The van der Waals surface area contributed by atoms with Crippen molar-refractivity contribution in [1.82, 2.24) is 9.80 Å². The molecule has 0 radical (unpaired) electrons. The van der Waals surface area contributed by atoms with Crippen LogP contribution in [0.2, 0.25) is 0 Å². The van der Waals surface area contributed by atoms with Gasteiger partial charge in [0.2, 0.25) is 0 Å². The van der Waals surface area contributed by atoms with Crippen molar-refractivity contribution in [2.75, 3.05) is 32.7 Å². The van der Waals surface area contributed by atoms with Gasteiger partial charge in [0.25, 0.3) is 0 Å². The van der Waals surface area contributed by atoms with E-state index in [-0.39, 0.29) is 0 Å². The van der Waals surface area contributed by atoms with Crippen molar-refractivity contribution in [1.29, 1.82) is 0 Å². The monoisotopic (exact) mass is 228 g/mol. The quantitative estimate of drug-likeness (QED) is 0.728. The predicted octanol–water partition coefficient (Wildman–Crippen LogP) is 1.83. The molecular formula is C15H20N2. The molecule has 2 heteroatoms. The molecule has 0 spiro atoms. The van der Waals surface area contributed by atoms with E-state index >= 15 is 0 Å². The smallest absolute Gasteiger partial charge is 0.0599 e. The van der Waals surface area contributed by atoms with E-state index in [4.69, 9.17) is 6.42 Å². The molecular weight excluding hydrogens is 208 g/mol. The van der Waals surface area contributed by atoms with Crippen LogP contribution in [0.4, 0.5) is 0 Å². The number of terminal acetylenes is 1. The van der Waals surface area contributed by atoms with E-state index in [1.807, 2.05) is 0 Å². The summed E-state index contributed by atoms with van der Waals surface area (Å²) in [5.74, 6) is 2.74. The van der Waals surface area contributed by atoms with E-state index in [1.54, 1.807) is 0 Å². The highest BCUT2D eigenvalue weighted by Gasteiger charge is 2.13. The first-order valence-corrected chi connectivity index (χ1v) is 6.30. The molecule has 1 aliphatic heterocycles. The molecule has 17 heavy (non-hydrogen) atoms. The molecule has 1 heterocycles. The van der Waals surface area contributed by atoms with Crippen LogP contribution in [0.1, 0.15) is 12.0 Å². The van der Waals surface area contributed by atoms with E-state index in [0.29, 0.717) is 0 Å². The van der Waals surface area contributed by atoms with Crippen molar-refractivity contribution in [2.45, 2.75) is 13.0 Å². The molecule has 0 atom stereocenters. The summed E-state index contributed by atoms with van der Waals surface area (Å²) in [5.41, 5.74) is 1.40. The van der Waals surface area contributed by atoms with Gasteiger partial charge in [-0.25, -0.2) is 0 Å². The van der Waals surface area contributed by atoms with Gasteiger partial charge in [-0.05, 0) is 18.5 Å². The second-order valence-corrected chi connectivity index (χ2v) is 4.60. The maximum absolute atomic E-state index is 5.36. The fourth-order valence-electron chi connectivity index (χ4n) is 2.31. The minimum absolute atomic E-state index is 0.791. The minimum Gasteiger partial charge on any atom is -0.298 e. The van der Waals surface area contributed by atoms with Crippen LogP contribution < -0.4 is 0 Å². The van der Waals surface area contributed by atoms with Crippen molar-refractivity contribution in [3.8, 4) is 12.3 Å². The van der Waals surface area contributed by atoms with Gasteiger partial charge in [0.15, 0.2) is 0 Å². The van der Waals surface area contributed by atoms with E-state index in [9.17, 15) is 0 Å². The molecule has 0 aromatic heterocycles. The fraction of sp³-hybridized carbons (Fsp3) is 0.467. The second kappa shape index (κ2) is 6.44. The Morgan fingerprint density at radius 1 is 1.00 bits per heavy atom. The summed E-state index contributed by atoms with van der Waals surface area (Å²) < 4.78 is 0. The first-order chi connectivity index (χ1) is 8.38. The lowest BCUT2D eigenvalue weighted by Crippen LogP contribution is -2.30. The average Bonchev–Trinajstić information content (AvgIpc) is 2.57. The van der Waals surface area contributed by atoms with E-state index in [2.05, 4.69) is 46.1 Å². The molecule has 90 valence electrons. The Morgan fingerprint density at radius 2 is 1.71 bits per heavy atom. The largest absolute Gasteiger partial charge is 0.298 e. The summed E-state index contributed by atoms with van der Waals surface area (Å²) in [5, 5.41) is 0. The van der Waals surface area contributed by atoms with Crippen LogP contribution in [0.5, 0.6) is 0 Å². The van der Waals surface area contributed by atoms with Crippen molar-refractivity contribution in [2.24, 2.45) is 0 Å². The van der Waals surface area contributed by atoms with Crippen LogP contribution in [0.25, 0.3) is 0 Å². The summed E-state index contributed by atoms with van der Waals surface area (Å²) in [6, 6.07) is 10.7. The van der Waals surface area contributed by atoms with Gasteiger partial charge in [0, 0.05) is 26.2 Å². The first-order valence-electron chi connectivity index (χ1n) is 6.30. The third kappa shape index (κ3) is 3.89. The summed E-state index contributed by atoms with van der Waals surface area (Å²) in [4.78, 5) is 4.89. The molecule has 1 aromatic carbocycles. The van der Waals surface area contributed by atoms with Gasteiger partial charge in [-0.15, -0.1) is 6.42 Å². The molecule has 0 saturated carbocycles. The summed E-state index contributed by atoms with van der Waals surface area (Å²) in [6.45, 7) is 6.38. The van der Waals surface area contributed by atoms with Crippen LogP contribution in [-0.2, 0) is 6.54 Å². The molecule has 0 bridgehead atoms.